The number of benzene rings is 1. The fraction of sp³-hybridized carbons (Fsp3) is 0.357. The summed E-state index contributed by atoms with van der Waals surface area (Å²) >= 11 is 0. The van der Waals surface area contributed by atoms with E-state index in [1.165, 1.54) is 15.8 Å². The zero-order chi connectivity index (χ0) is 13.9. The SMILES string of the molecule is Nc1ccc2c(c1)CCCC2NC(=O)Cn1ccnn1. The van der Waals surface area contributed by atoms with Gasteiger partial charge in [-0.1, -0.05) is 11.3 Å². The molecule has 0 spiro atoms. The molecule has 20 heavy (non-hydrogen) atoms. The van der Waals surface area contributed by atoms with Crippen molar-refractivity contribution in [2.45, 2.75) is 31.8 Å². The van der Waals surface area contributed by atoms with Crippen LogP contribution >= 0.6 is 0 Å². The predicted octanol–water partition coefficient (Wildman–Crippen LogP) is 1.05. The number of fused-ring (bicyclic) bond motifs is 1. The van der Waals surface area contributed by atoms with Gasteiger partial charge in [-0.25, -0.2) is 4.68 Å². The summed E-state index contributed by atoms with van der Waals surface area (Å²) in [5, 5.41) is 10.5. The van der Waals surface area contributed by atoms with Crippen LogP contribution in [-0.2, 0) is 17.8 Å². The minimum Gasteiger partial charge on any atom is -0.399 e. The van der Waals surface area contributed by atoms with E-state index in [4.69, 9.17) is 5.73 Å². The highest BCUT2D eigenvalue weighted by molar-refractivity contribution is 5.76. The van der Waals surface area contributed by atoms with Crippen LogP contribution < -0.4 is 11.1 Å². The second-order valence-corrected chi connectivity index (χ2v) is 5.07. The van der Waals surface area contributed by atoms with Gasteiger partial charge in [0.05, 0.1) is 12.2 Å². The average Bonchev–Trinajstić information content (AvgIpc) is 2.91. The van der Waals surface area contributed by atoms with E-state index in [1.54, 1.807) is 12.4 Å². The van der Waals surface area contributed by atoms with E-state index in [9.17, 15) is 4.79 Å². The van der Waals surface area contributed by atoms with Crippen LogP contribution in [0.4, 0.5) is 5.69 Å². The lowest BCUT2D eigenvalue weighted by molar-refractivity contribution is -0.122. The van der Waals surface area contributed by atoms with Gasteiger partial charge in [0.2, 0.25) is 5.91 Å². The van der Waals surface area contributed by atoms with Gasteiger partial charge in [0.1, 0.15) is 6.54 Å². The third-order valence-electron chi connectivity index (χ3n) is 3.59. The first-order chi connectivity index (χ1) is 9.72. The maximum atomic E-state index is 12.0. The van der Waals surface area contributed by atoms with E-state index in [1.807, 2.05) is 18.2 Å². The van der Waals surface area contributed by atoms with Crippen molar-refractivity contribution in [2.75, 3.05) is 5.73 Å². The molecule has 1 atom stereocenters. The zero-order valence-electron chi connectivity index (χ0n) is 11.1. The molecule has 1 aliphatic rings. The Bertz CT molecular complexity index is 608. The van der Waals surface area contributed by atoms with Gasteiger partial charge in [-0.3, -0.25) is 4.79 Å². The van der Waals surface area contributed by atoms with Gasteiger partial charge in [0.15, 0.2) is 0 Å². The number of anilines is 1. The van der Waals surface area contributed by atoms with Crippen LogP contribution in [0.2, 0.25) is 0 Å². The first kappa shape index (κ1) is 12.7. The van der Waals surface area contributed by atoms with Crippen molar-refractivity contribution in [1.29, 1.82) is 0 Å². The number of rotatable bonds is 3. The maximum Gasteiger partial charge on any atom is 0.242 e. The number of nitrogens with zero attached hydrogens (tertiary/aromatic N) is 3. The van der Waals surface area contributed by atoms with Gasteiger partial charge in [-0.2, -0.15) is 0 Å². The molecule has 0 aliphatic heterocycles. The summed E-state index contributed by atoms with van der Waals surface area (Å²) in [6.45, 7) is 0.195. The molecule has 104 valence electrons. The van der Waals surface area contributed by atoms with E-state index in [2.05, 4.69) is 15.6 Å². The average molecular weight is 271 g/mol. The largest absolute Gasteiger partial charge is 0.399 e. The van der Waals surface area contributed by atoms with Crippen molar-refractivity contribution in [2.24, 2.45) is 0 Å². The number of aryl methyl sites for hydroxylation is 1. The Balaban J connectivity index is 1.71. The quantitative estimate of drug-likeness (QED) is 0.817. The zero-order valence-corrected chi connectivity index (χ0v) is 11.1. The Hall–Kier alpha value is -2.37. The first-order valence-electron chi connectivity index (χ1n) is 6.74. The van der Waals surface area contributed by atoms with Crippen molar-refractivity contribution < 1.29 is 4.79 Å². The van der Waals surface area contributed by atoms with E-state index >= 15 is 0 Å². The van der Waals surface area contributed by atoms with E-state index in [0.717, 1.165) is 24.9 Å². The molecule has 6 heteroatoms. The standard InChI is InChI=1S/C14H17N5O/c15-11-4-5-12-10(8-11)2-1-3-13(12)17-14(20)9-19-7-6-16-18-19/h4-8,13H,1-3,9,15H2,(H,17,20). The number of hydrogen-bond acceptors (Lipinski definition) is 4. The molecule has 1 aromatic carbocycles. The topological polar surface area (TPSA) is 85.8 Å². The number of nitrogen functional groups attached to an aromatic ring is 1. The highest BCUT2D eigenvalue weighted by Gasteiger charge is 2.21. The lowest BCUT2D eigenvalue weighted by Crippen LogP contribution is -2.33. The number of amides is 1. The Labute approximate surface area is 117 Å². The Morgan fingerprint density at radius 3 is 3.20 bits per heavy atom. The van der Waals surface area contributed by atoms with E-state index in [0.29, 0.717) is 0 Å². The molecule has 0 saturated carbocycles. The summed E-state index contributed by atoms with van der Waals surface area (Å²) in [7, 11) is 0. The van der Waals surface area contributed by atoms with Crippen molar-refractivity contribution >= 4 is 11.6 Å². The molecule has 0 bridgehead atoms. The number of nitrogens with two attached hydrogens (primary N) is 1. The Morgan fingerprint density at radius 1 is 1.50 bits per heavy atom. The second-order valence-electron chi connectivity index (χ2n) is 5.07. The van der Waals surface area contributed by atoms with Crippen LogP contribution in [0.15, 0.2) is 30.6 Å². The third-order valence-corrected chi connectivity index (χ3v) is 3.59. The smallest absolute Gasteiger partial charge is 0.242 e. The summed E-state index contributed by atoms with van der Waals surface area (Å²) in [5.41, 5.74) is 9.01. The molecule has 1 heterocycles. The van der Waals surface area contributed by atoms with E-state index in [-0.39, 0.29) is 18.5 Å². The van der Waals surface area contributed by atoms with Gasteiger partial charge in [-0.15, -0.1) is 5.10 Å². The lowest BCUT2D eigenvalue weighted by atomic mass is 9.87. The molecular formula is C14H17N5O. The number of hydrogen-bond donors (Lipinski definition) is 2. The molecule has 3 N–H and O–H groups in total. The third kappa shape index (κ3) is 2.64. The van der Waals surface area contributed by atoms with Crippen LogP contribution in [0.25, 0.3) is 0 Å². The maximum absolute atomic E-state index is 12.0. The molecular weight excluding hydrogens is 254 g/mol. The van der Waals surface area contributed by atoms with Crippen molar-refractivity contribution in [3.05, 3.63) is 41.7 Å². The van der Waals surface area contributed by atoms with Gasteiger partial charge in [0.25, 0.3) is 0 Å². The summed E-state index contributed by atoms with van der Waals surface area (Å²) in [6, 6.07) is 5.98. The number of nitrogens with one attached hydrogen (secondary N) is 1. The molecule has 2 aromatic rings. The Morgan fingerprint density at radius 2 is 2.40 bits per heavy atom. The van der Waals surface area contributed by atoms with Gasteiger partial charge in [0, 0.05) is 11.9 Å². The van der Waals surface area contributed by atoms with Crippen molar-refractivity contribution in [3.8, 4) is 0 Å². The molecule has 0 saturated heterocycles. The number of carbonyl (C=O) groups excluding carboxylic acids is 1. The molecule has 1 aliphatic carbocycles. The second kappa shape index (κ2) is 5.32. The minimum atomic E-state index is -0.0508. The first-order valence-corrected chi connectivity index (χ1v) is 6.74. The van der Waals surface area contributed by atoms with E-state index < -0.39 is 0 Å². The fourth-order valence-corrected chi connectivity index (χ4v) is 2.69. The summed E-state index contributed by atoms with van der Waals surface area (Å²) < 4.78 is 1.52. The predicted molar refractivity (Wildman–Crippen MR) is 74.7 cm³/mol. The molecule has 1 unspecified atom stereocenters. The van der Waals surface area contributed by atoms with Crippen LogP contribution in [0.1, 0.15) is 30.0 Å². The summed E-state index contributed by atoms with van der Waals surface area (Å²) in [5.74, 6) is -0.0508. The summed E-state index contributed by atoms with van der Waals surface area (Å²) in [6.07, 6.45) is 6.28. The molecule has 1 amide bonds. The molecule has 3 rings (SSSR count). The van der Waals surface area contributed by atoms with Gasteiger partial charge < -0.3 is 11.1 Å². The van der Waals surface area contributed by atoms with Crippen LogP contribution in [-0.4, -0.2) is 20.9 Å². The van der Waals surface area contributed by atoms with Crippen LogP contribution in [0.3, 0.4) is 0 Å². The molecule has 0 fully saturated rings. The van der Waals surface area contributed by atoms with Gasteiger partial charge >= 0.3 is 0 Å². The van der Waals surface area contributed by atoms with Crippen LogP contribution in [0.5, 0.6) is 0 Å². The summed E-state index contributed by atoms with van der Waals surface area (Å²) in [4.78, 5) is 12.0. The van der Waals surface area contributed by atoms with Crippen LogP contribution in [0, 0.1) is 0 Å². The number of carbonyl (C=O) groups is 1. The van der Waals surface area contributed by atoms with Gasteiger partial charge in [-0.05, 0) is 42.5 Å². The number of aromatic nitrogens is 3. The highest BCUT2D eigenvalue weighted by Crippen LogP contribution is 2.30. The molecule has 6 nitrogen and oxygen atoms in total. The normalized spacial score (nSPS) is 17.5. The monoisotopic (exact) mass is 271 g/mol. The lowest BCUT2D eigenvalue weighted by Gasteiger charge is -2.26. The highest BCUT2D eigenvalue weighted by atomic mass is 16.2. The molecule has 1 aromatic heterocycles. The van der Waals surface area contributed by atoms with Crippen molar-refractivity contribution in [3.63, 3.8) is 0 Å². The Kier molecular flexibility index (Phi) is 3.37. The fourth-order valence-electron chi connectivity index (χ4n) is 2.69. The minimum absolute atomic E-state index is 0.0508. The molecule has 0 radical (unpaired) electrons. The van der Waals surface area contributed by atoms with Crippen molar-refractivity contribution in [1.82, 2.24) is 20.3 Å².